The molecule has 1 aromatic heterocycles. The fourth-order valence-electron chi connectivity index (χ4n) is 3.37. The first kappa shape index (κ1) is 18.8. The predicted octanol–water partition coefficient (Wildman–Crippen LogP) is 3.91. The van der Waals surface area contributed by atoms with Gasteiger partial charge in [0.1, 0.15) is 0 Å². The van der Waals surface area contributed by atoms with Crippen LogP contribution in [0.25, 0.3) is 0 Å². The van der Waals surface area contributed by atoms with E-state index in [2.05, 4.69) is 59.1 Å². The second-order valence-corrected chi connectivity index (χ2v) is 7.55. The van der Waals surface area contributed by atoms with Gasteiger partial charge in [-0.15, -0.1) is 0 Å². The first-order valence-electron chi connectivity index (χ1n) is 9.28. The number of benzene rings is 1. The molecule has 3 rings (SSSR count). The molecule has 0 atom stereocenters. The molecule has 1 N–H and O–H groups in total. The van der Waals surface area contributed by atoms with Crippen LogP contribution < -0.4 is 5.32 Å². The van der Waals surface area contributed by atoms with E-state index in [1.54, 1.807) is 0 Å². The standard InChI is InChI=1S/C21H28N4S/c1-16-12-18(3)20(13-17(16)2)23-21(26)25-9-5-8-24(10-11-25)15-19-6-4-7-22-14-19/h4,6-7,12-14H,5,8-11,15H2,1-3H3,(H,23,26). The number of rotatable bonds is 3. The summed E-state index contributed by atoms with van der Waals surface area (Å²) < 4.78 is 0. The summed E-state index contributed by atoms with van der Waals surface area (Å²) in [5.41, 5.74) is 6.24. The lowest BCUT2D eigenvalue weighted by molar-refractivity contribution is 0.278. The normalized spacial score (nSPS) is 15.6. The van der Waals surface area contributed by atoms with Gasteiger partial charge in [0.2, 0.25) is 0 Å². The quantitative estimate of drug-likeness (QED) is 0.830. The fraction of sp³-hybridized carbons (Fsp3) is 0.429. The van der Waals surface area contributed by atoms with Crippen LogP contribution >= 0.6 is 12.2 Å². The van der Waals surface area contributed by atoms with Crippen molar-refractivity contribution in [2.24, 2.45) is 0 Å². The first-order valence-corrected chi connectivity index (χ1v) is 9.69. The number of aryl methyl sites for hydroxylation is 3. The van der Waals surface area contributed by atoms with Crippen LogP contribution in [0, 0.1) is 20.8 Å². The van der Waals surface area contributed by atoms with Crippen molar-refractivity contribution in [3.8, 4) is 0 Å². The van der Waals surface area contributed by atoms with Crippen molar-refractivity contribution in [3.63, 3.8) is 0 Å². The van der Waals surface area contributed by atoms with Crippen LogP contribution in [0.3, 0.4) is 0 Å². The maximum absolute atomic E-state index is 5.71. The lowest BCUT2D eigenvalue weighted by Gasteiger charge is -2.25. The van der Waals surface area contributed by atoms with Crippen molar-refractivity contribution in [2.45, 2.75) is 33.7 Å². The third-order valence-electron chi connectivity index (χ3n) is 5.09. The van der Waals surface area contributed by atoms with E-state index < -0.39 is 0 Å². The van der Waals surface area contributed by atoms with Gasteiger partial charge in [0.05, 0.1) is 0 Å². The van der Waals surface area contributed by atoms with Crippen LogP contribution in [0.1, 0.15) is 28.7 Å². The van der Waals surface area contributed by atoms with E-state index in [-0.39, 0.29) is 0 Å². The molecule has 0 amide bonds. The van der Waals surface area contributed by atoms with E-state index >= 15 is 0 Å². The second kappa shape index (κ2) is 8.60. The molecule has 1 saturated heterocycles. The topological polar surface area (TPSA) is 31.4 Å². The van der Waals surface area contributed by atoms with Crippen molar-refractivity contribution in [2.75, 3.05) is 31.5 Å². The SMILES string of the molecule is Cc1cc(C)c(NC(=S)N2CCCN(Cc3cccnc3)CC2)cc1C. The average molecular weight is 369 g/mol. The highest BCUT2D eigenvalue weighted by Gasteiger charge is 2.17. The molecule has 5 heteroatoms. The Morgan fingerprint density at radius 2 is 1.88 bits per heavy atom. The summed E-state index contributed by atoms with van der Waals surface area (Å²) in [4.78, 5) is 9.00. The lowest BCUT2D eigenvalue weighted by Crippen LogP contribution is -2.38. The van der Waals surface area contributed by atoms with Gasteiger partial charge in [0.15, 0.2) is 5.11 Å². The number of thiocarbonyl (C=S) groups is 1. The van der Waals surface area contributed by atoms with E-state index in [0.717, 1.165) is 49.9 Å². The Kier molecular flexibility index (Phi) is 6.22. The highest BCUT2D eigenvalue weighted by molar-refractivity contribution is 7.80. The predicted molar refractivity (Wildman–Crippen MR) is 113 cm³/mol. The summed E-state index contributed by atoms with van der Waals surface area (Å²) in [6, 6.07) is 8.57. The maximum atomic E-state index is 5.71. The molecule has 138 valence electrons. The number of nitrogens with zero attached hydrogens (tertiary/aromatic N) is 3. The van der Waals surface area contributed by atoms with Gasteiger partial charge in [-0.25, -0.2) is 0 Å². The van der Waals surface area contributed by atoms with Gasteiger partial charge in [0.25, 0.3) is 0 Å². The Bertz CT molecular complexity index is 760. The summed E-state index contributed by atoms with van der Waals surface area (Å²) >= 11 is 5.71. The van der Waals surface area contributed by atoms with Crippen LogP contribution in [-0.2, 0) is 6.54 Å². The summed E-state index contributed by atoms with van der Waals surface area (Å²) in [6.45, 7) is 11.4. The number of hydrogen-bond donors (Lipinski definition) is 1. The lowest BCUT2D eigenvalue weighted by atomic mass is 10.1. The van der Waals surface area contributed by atoms with Crippen molar-refractivity contribution >= 4 is 23.0 Å². The third-order valence-corrected chi connectivity index (χ3v) is 5.45. The van der Waals surface area contributed by atoms with Gasteiger partial charge >= 0.3 is 0 Å². The number of anilines is 1. The Labute approximate surface area is 162 Å². The van der Waals surface area contributed by atoms with Crippen molar-refractivity contribution in [1.29, 1.82) is 0 Å². The summed E-state index contributed by atoms with van der Waals surface area (Å²) in [7, 11) is 0. The molecule has 0 spiro atoms. The second-order valence-electron chi connectivity index (χ2n) is 7.16. The highest BCUT2D eigenvalue weighted by Crippen LogP contribution is 2.21. The van der Waals surface area contributed by atoms with Crippen LogP contribution in [0.5, 0.6) is 0 Å². The molecule has 2 aromatic rings. The number of pyridine rings is 1. The van der Waals surface area contributed by atoms with E-state index in [0.29, 0.717) is 0 Å². The van der Waals surface area contributed by atoms with E-state index in [1.165, 1.54) is 22.3 Å². The van der Waals surface area contributed by atoms with Crippen molar-refractivity contribution in [3.05, 3.63) is 58.9 Å². The molecule has 1 fully saturated rings. The molecule has 0 aliphatic carbocycles. The van der Waals surface area contributed by atoms with Gasteiger partial charge in [-0.1, -0.05) is 12.1 Å². The summed E-state index contributed by atoms with van der Waals surface area (Å²) in [5, 5.41) is 4.30. The van der Waals surface area contributed by atoms with Gasteiger partial charge in [-0.3, -0.25) is 9.88 Å². The molecular weight excluding hydrogens is 340 g/mol. The van der Waals surface area contributed by atoms with Crippen LogP contribution in [0.15, 0.2) is 36.7 Å². The largest absolute Gasteiger partial charge is 0.348 e. The molecule has 0 bridgehead atoms. The molecule has 1 aliphatic rings. The molecular formula is C21H28N4S. The number of nitrogens with one attached hydrogen (secondary N) is 1. The Morgan fingerprint density at radius 1 is 1.08 bits per heavy atom. The monoisotopic (exact) mass is 368 g/mol. The highest BCUT2D eigenvalue weighted by atomic mass is 32.1. The molecule has 26 heavy (non-hydrogen) atoms. The first-order chi connectivity index (χ1) is 12.5. The average Bonchev–Trinajstić information content (AvgIpc) is 2.86. The molecule has 4 nitrogen and oxygen atoms in total. The maximum Gasteiger partial charge on any atom is 0.173 e. The Morgan fingerprint density at radius 3 is 2.65 bits per heavy atom. The smallest absolute Gasteiger partial charge is 0.173 e. The molecule has 1 aromatic carbocycles. The summed E-state index contributed by atoms with van der Waals surface area (Å²) in [5.74, 6) is 0. The zero-order valence-corrected chi connectivity index (χ0v) is 16.8. The molecule has 0 unspecified atom stereocenters. The van der Waals surface area contributed by atoms with E-state index in [9.17, 15) is 0 Å². The number of aromatic nitrogens is 1. The fourth-order valence-corrected chi connectivity index (χ4v) is 3.66. The molecule has 0 radical (unpaired) electrons. The molecule has 2 heterocycles. The third kappa shape index (κ3) is 4.80. The zero-order valence-electron chi connectivity index (χ0n) is 16.0. The van der Waals surface area contributed by atoms with Crippen LogP contribution in [0.2, 0.25) is 0 Å². The van der Waals surface area contributed by atoms with Gasteiger partial charge in [-0.05, 0) is 73.8 Å². The van der Waals surface area contributed by atoms with Crippen LogP contribution in [-0.4, -0.2) is 46.1 Å². The van der Waals surface area contributed by atoms with E-state index in [1.807, 2.05) is 18.5 Å². The molecule has 1 aliphatic heterocycles. The number of hydrogen-bond acceptors (Lipinski definition) is 3. The molecule has 0 saturated carbocycles. The van der Waals surface area contributed by atoms with Gasteiger partial charge in [-0.2, -0.15) is 0 Å². The minimum atomic E-state index is 0.833. The summed E-state index contributed by atoms with van der Waals surface area (Å²) in [6.07, 6.45) is 4.90. The van der Waals surface area contributed by atoms with Gasteiger partial charge in [0, 0.05) is 50.8 Å². The minimum absolute atomic E-state index is 0.833. The van der Waals surface area contributed by atoms with Crippen molar-refractivity contribution < 1.29 is 0 Å². The Balaban J connectivity index is 1.58. The van der Waals surface area contributed by atoms with E-state index in [4.69, 9.17) is 12.2 Å². The minimum Gasteiger partial charge on any atom is -0.348 e. The van der Waals surface area contributed by atoms with Crippen LogP contribution in [0.4, 0.5) is 5.69 Å². The van der Waals surface area contributed by atoms with Crippen molar-refractivity contribution in [1.82, 2.24) is 14.8 Å². The zero-order chi connectivity index (χ0) is 18.5. The Hall–Kier alpha value is -1.98. The van der Waals surface area contributed by atoms with Gasteiger partial charge < -0.3 is 10.2 Å².